The molecule has 150 valence electrons. The predicted octanol–water partition coefficient (Wildman–Crippen LogP) is 4.38. The first-order valence-corrected chi connectivity index (χ1v) is 9.30. The van der Waals surface area contributed by atoms with Crippen LogP contribution in [0.3, 0.4) is 0 Å². The van der Waals surface area contributed by atoms with Crippen LogP contribution in [0, 0.1) is 0 Å². The fourth-order valence-corrected chi connectivity index (χ4v) is 2.09. The van der Waals surface area contributed by atoms with E-state index in [1.807, 2.05) is 18.2 Å². The molecule has 0 saturated heterocycles. The first-order valence-electron chi connectivity index (χ1n) is 9.30. The molecular formula is C22H32O5. The van der Waals surface area contributed by atoms with Gasteiger partial charge >= 0.3 is 5.97 Å². The van der Waals surface area contributed by atoms with E-state index in [1.54, 1.807) is 12.2 Å². The van der Waals surface area contributed by atoms with Gasteiger partial charge in [-0.25, -0.2) is 4.79 Å². The van der Waals surface area contributed by atoms with E-state index in [0.29, 0.717) is 0 Å². The number of hydrogen-bond acceptors (Lipinski definition) is 4. The largest absolute Gasteiger partial charge is 0.509 e. The molecule has 0 rings (SSSR count). The van der Waals surface area contributed by atoms with Crippen molar-refractivity contribution in [2.45, 2.75) is 57.7 Å². The molecule has 0 unspecified atom stereocenters. The summed E-state index contributed by atoms with van der Waals surface area (Å²) in [5.41, 5.74) is 0. The van der Waals surface area contributed by atoms with Crippen LogP contribution < -0.4 is 0 Å². The molecule has 2 atom stereocenters. The summed E-state index contributed by atoms with van der Waals surface area (Å²) in [5, 5.41) is 37.6. The van der Waals surface area contributed by atoms with E-state index in [2.05, 4.69) is 6.92 Å². The Morgan fingerprint density at radius 2 is 1.59 bits per heavy atom. The lowest BCUT2D eigenvalue weighted by Gasteiger charge is -2.07. The van der Waals surface area contributed by atoms with Crippen molar-refractivity contribution in [3.8, 4) is 0 Å². The lowest BCUT2D eigenvalue weighted by molar-refractivity contribution is -0.131. The van der Waals surface area contributed by atoms with Crippen molar-refractivity contribution in [2.24, 2.45) is 0 Å². The lowest BCUT2D eigenvalue weighted by atomic mass is 10.1. The van der Waals surface area contributed by atoms with Crippen molar-refractivity contribution < 1.29 is 25.2 Å². The molecule has 0 bridgehead atoms. The van der Waals surface area contributed by atoms with Crippen molar-refractivity contribution in [1.82, 2.24) is 0 Å². The molecule has 0 aromatic carbocycles. The molecular weight excluding hydrogens is 344 g/mol. The van der Waals surface area contributed by atoms with Gasteiger partial charge in [0.2, 0.25) is 0 Å². The Hall–Kier alpha value is -2.37. The summed E-state index contributed by atoms with van der Waals surface area (Å²) in [6.07, 6.45) is 21.3. The summed E-state index contributed by atoms with van der Waals surface area (Å²) in [6, 6.07) is 0. The third-order valence-electron chi connectivity index (χ3n) is 3.60. The van der Waals surface area contributed by atoms with Crippen LogP contribution in [0.25, 0.3) is 0 Å². The first-order chi connectivity index (χ1) is 13.0. The van der Waals surface area contributed by atoms with Crippen molar-refractivity contribution in [3.63, 3.8) is 0 Å². The normalized spacial score (nSPS) is 15.7. The van der Waals surface area contributed by atoms with Gasteiger partial charge in [-0.1, -0.05) is 74.8 Å². The van der Waals surface area contributed by atoms with Gasteiger partial charge in [0.25, 0.3) is 0 Å². The maximum atomic E-state index is 10.3. The minimum Gasteiger partial charge on any atom is -0.509 e. The van der Waals surface area contributed by atoms with E-state index in [-0.39, 0.29) is 11.9 Å². The minimum absolute atomic E-state index is 0.233. The van der Waals surface area contributed by atoms with Gasteiger partial charge in [0.05, 0.1) is 6.10 Å². The van der Waals surface area contributed by atoms with Gasteiger partial charge in [-0.3, -0.25) is 0 Å². The topological polar surface area (TPSA) is 98.0 Å². The van der Waals surface area contributed by atoms with Gasteiger partial charge in [-0.15, -0.1) is 0 Å². The molecule has 0 amide bonds. The fourth-order valence-electron chi connectivity index (χ4n) is 2.09. The number of aliphatic hydroxyl groups excluding tert-OH is 3. The molecule has 0 aliphatic carbocycles. The number of hydrogen-bond donors (Lipinski definition) is 4. The van der Waals surface area contributed by atoms with Gasteiger partial charge < -0.3 is 20.4 Å². The molecule has 0 spiro atoms. The van der Waals surface area contributed by atoms with Crippen LogP contribution in [-0.2, 0) is 4.79 Å². The summed E-state index contributed by atoms with van der Waals surface area (Å²) in [4.78, 5) is 10.3. The van der Waals surface area contributed by atoms with E-state index in [1.165, 1.54) is 30.4 Å². The van der Waals surface area contributed by atoms with E-state index in [0.717, 1.165) is 44.6 Å². The molecule has 0 aliphatic rings. The Balaban J connectivity index is 4.08. The van der Waals surface area contributed by atoms with Crippen LogP contribution in [0.1, 0.15) is 45.4 Å². The molecule has 27 heavy (non-hydrogen) atoms. The Morgan fingerprint density at radius 3 is 2.30 bits per heavy atom. The zero-order chi connectivity index (χ0) is 20.3. The molecule has 4 N–H and O–H groups in total. The van der Waals surface area contributed by atoms with E-state index in [9.17, 15) is 20.1 Å². The molecule has 5 nitrogen and oxygen atoms in total. The maximum absolute atomic E-state index is 10.3. The highest BCUT2D eigenvalue weighted by atomic mass is 16.4. The molecule has 0 aliphatic heterocycles. The second-order valence-corrected chi connectivity index (χ2v) is 6.04. The Labute approximate surface area is 162 Å². The Bertz CT molecular complexity index is 567. The van der Waals surface area contributed by atoms with Crippen LogP contribution in [0.5, 0.6) is 0 Å². The number of unbranched alkanes of at least 4 members (excludes halogenated alkanes) is 2. The van der Waals surface area contributed by atoms with Gasteiger partial charge in [0.1, 0.15) is 11.9 Å². The van der Waals surface area contributed by atoms with Gasteiger partial charge in [0.15, 0.2) is 0 Å². The molecule has 0 radical (unpaired) electrons. The highest BCUT2D eigenvalue weighted by Crippen LogP contribution is 2.08. The number of allylic oxidation sites excluding steroid dienone is 9. The van der Waals surface area contributed by atoms with E-state index < -0.39 is 12.1 Å². The third kappa shape index (κ3) is 16.8. The molecule has 0 heterocycles. The van der Waals surface area contributed by atoms with Crippen LogP contribution in [0.15, 0.2) is 72.6 Å². The number of carbonyl (C=O) groups is 1. The number of carboxylic acids is 1. The summed E-state index contributed by atoms with van der Waals surface area (Å²) in [5.74, 6) is -1.30. The van der Waals surface area contributed by atoms with Gasteiger partial charge in [0, 0.05) is 6.08 Å². The maximum Gasteiger partial charge on any atom is 0.328 e. The number of rotatable bonds is 14. The summed E-state index contributed by atoms with van der Waals surface area (Å²) in [6.45, 7) is 2.15. The Kier molecular flexibility index (Phi) is 15.6. The fraction of sp³-hybridized carbons (Fsp3) is 0.409. The smallest absolute Gasteiger partial charge is 0.328 e. The molecule has 0 aromatic rings. The van der Waals surface area contributed by atoms with Crippen molar-refractivity contribution in [2.75, 3.05) is 0 Å². The SMILES string of the molecule is CCCCC[C@@H](O)CC\C=C/C=C/C=C/[C@@H](O)/C(O)=C/C=C\C=C\C(=O)O. The number of aliphatic carboxylic acids is 1. The zero-order valence-electron chi connectivity index (χ0n) is 15.9. The van der Waals surface area contributed by atoms with Crippen molar-refractivity contribution >= 4 is 5.97 Å². The number of aliphatic hydroxyl groups is 3. The summed E-state index contributed by atoms with van der Waals surface area (Å²) < 4.78 is 0. The van der Waals surface area contributed by atoms with Crippen LogP contribution >= 0.6 is 0 Å². The highest BCUT2D eigenvalue weighted by Gasteiger charge is 2.02. The van der Waals surface area contributed by atoms with Crippen molar-refractivity contribution in [1.29, 1.82) is 0 Å². The van der Waals surface area contributed by atoms with Crippen LogP contribution in [-0.4, -0.2) is 38.6 Å². The summed E-state index contributed by atoms with van der Waals surface area (Å²) >= 11 is 0. The van der Waals surface area contributed by atoms with E-state index >= 15 is 0 Å². The molecule has 0 aromatic heterocycles. The molecule has 5 heteroatoms. The monoisotopic (exact) mass is 376 g/mol. The quantitative estimate of drug-likeness (QED) is 0.156. The second-order valence-electron chi connectivity index (χ2n) is 6.04. The standard InChI is InChI=1S/C22H32O5/c1-2-3-9-14-19(23)15-10-6-4-5-7-11-16-20(24)21(25)17-12-8-13-18-22(26)27/h4-8,11-13,16-20,23-25H,2-3,9-10,14-15H2,1H3,(H,26,27)/b6-4-,7-5+,12-8-,16-11+,18-13+,21-17-/t19-,20-/m1/s1. The first kappa shape index (κ1) is 24.6. The average molecular weight is 376 g/mol. The predicted molar refractivity (Wildman–Crippen MR) is 109 cm³/mol. The highest BCUT2D eigenvalue weighted by molar-refractivity contribution is 5.80. The second kappa shape index (κ2) is 17.1. The van der Waals surface area contributed by atoms with Crippen LogP contribution in [0.2, 0.25) is 0 Å². The molecule has 0 saturated carbocycles. The van der Waals surface area contributed by atoms with Crippen LogP contribution in [0.4, 0.5) is 0 Å². The summed E-state index contributed by atoms with van der Waals surface area (Å²) in [7, 11) is 0. The average Bonchev–Trinajstić information content (AvgIpc) is 2.63. The van der Waals surface area contributed by atoms with Gasteiger partial charge in [-0.05, 0) is 31.4 Å². The molecule has 0 fully saturated rings. The van der Waals surface area contributed by atoms with E-state index in [4.69, 9.17) is 5.11 Å². The lowest BCUT2D eigenvalue weighted by Crippen LogP contribution is -2.05. The Morgan fingerprint density at radius 1 is 0.889 bits per heavy atom. The third-order valence-corrected chi connectivity index (χ3v) is 3.60. The van der Waals surface area contributed by atoms with Crippen molar-refractivity contribution in [3.05, 3.63) is 72.6 Å². The minimum atomic E-state index is -1.13. The number of carboxylic acid groups (broad SMARTS) is 1. The van der Waals surface area contributed by atoms with Gasteiger partial charge in [-0.2, -0.15) is 0 Å². The zero-order valence-corrected chi connectivity index (χ0v) is 15.9.